The van der Waals surface area contributed by atoms with Crippen molar-refractivity contribution in [1.82, 2.24) is 10.3 Å². The summed E-state index contributed by atoms with van der Waals surface area (Å²) in [4.78, 5) is 15.8. The van der Waals surface area contributed by atoms with Gasteiger partial charge >= 0.3 is 0 Å². The summed E-state index contributed by atoms with van der Waals surface area (Å²) >= 11 is 0. The molecule has 2 aromatic rings. The molecule has 0 fully saturated rings. The zero-order valence-electron chi connectivity index (χ0n) is 11.5. The summed E-state index contributed by atoms with van der Waals surface area (Å²) in [6, 6.07) is 7.27. The fourth-order valence-electron chi connectivity index (χ4n) is 1.62. The molecule has 0 saturated heterocycles. The second kappa shape index (κ2) is 6.06. The molecule has 0 saturated carbocycles. The van der Waals surface area contributed by atoms with Crippen LogP contribution in [-0.2, 0) is 11.3 Å². The molecule has 0 bridgehead atoms. The predicted molar refractivity (Wildman–Crippen MR) is 77.7 cm³/mol. The van der Waals surface area contributed by atoms with E-state index in [1.165, 1.54) is 6.08 Å². The molecule has 5 nitrogen and oxygen atoms in total. The third kappa shape index (κ3) is 3.71. The smallest absolute Gasteiger partial charge is 0.244 e. The van der Waals surface area contributed by atoms with Gasteiger partial charge in [-0.3, -0.25) is 4.79 Å². The molecule has 0 aliphatic heterocycles. The van der Waals surface area contributed by atoms with E-state index in [2.05, 4.69) is 10.3 Å². The van der Waals surface area contributed by atoms with E-state index < -0.39 is 0 Å². The Balaban J connectivity index is 1.87. The van der Waals surface area contributed by atoms with Crippen LogP contribution < -0.4 is 11.1 Å². The number of nitrogens with one attached hydrogen (secondary N) is 1. The SMILES string of the molecule is Cc1nc(CNC(=O)/C=C/c2ccc(N)cc2)oc1C. The maximum atomic E-state index is 11.7. The van der Waals surface area contributed by atoms with Crippen molar-refractivity contribution in [3.63, 3.8) is 0 Å². The van der Waals surface area contributed by atoms with E-state index in [4.69, 9.17) is 10.2 Å². The Bertz CT molecular complexity index is 608. The molecule has 104 valence electrons. The molecule has 0 aliphatic rings. The Labute approximate surface area is 117 Å². The van der Waals surface area contributed by atoms with E-state index in [-0.39, 0.29) is 12.5 Å². The first kappa shape index (κ1) is 13.9. The van der Waals surface area contributed by atoms with Crippen LogP contribution in [0.3, 0.4) is 0 Å². The Morgan fingerprint density at radius 1 is 1.35 bits per heavy atom. The number of aromatic nitrogens is 1. The summed E-state index contributed by atoms with van der Waals surface area (Å²) in [7, 11) is 0. The largest absolute Gasteiger partial charge is 0.444 e. The van der Waals surface area contributed by atoms with Gasteiger partial charge in [0.1, 0.15) is 5.76 Å². The number of amides is 1. The number of rotatable bonds is 4. The highest BCUT2D eigenvalue weighted by atomic mass is 16.4. The molecule has 0 atom stereocenters. The lowest BCUT2D eigenvalue weighted by atomic mass is 10.2. The van der Waals surface area contributed by atoms with Crippen LogP contribution in [0.1, 0.15) is 22.9 Å². The number of aryl methyl sites for hydroxylation is 2. The van der Waals surface area contributed by atoms with Gasteiger partial charge in [0.05, 0.1) is 12.2 Å². The molecule has 1 amide bonds. The van der Waals surface area contributed by atoms with Crippen LogP contribution in [0.5, 0.6) is 0 Å². The average Bonchev–Trinajstić information content (AvgIpc) is 2.75. The first-order valence-corrected chi connectivity index (χ1v) is 6.29. The van der Waals surface area contributed by atoms with Gasteiger partial charge in [-0.2, -0.15) is 0 Å². The lowest BCUT2D eigenvalue weighted by Gasteiger charge is -1.98. The Morgan fingerprint density at radius 2 is 2.05 bits per heavy atom. The highest BCUT2D eigenvalue weighted by molar-refractivity contribution is 5.91. The van der Waals surface area contributed by atoms with Crippen molar-refractivity contribution in [2.75, 3.05) is 5.73 Å². The van der Waals surface area contributed by atoms with Crippen LogP contribution in [0.15, 0.2) is 34.8 Å². The lowest BCUT2D eigenvalue weighted by Crippen LogP contribution is -2.20. The van der Waals surface area contributed by atoms with Gasteiger partial charge in [0.15, 0.2) is 0 Å². The molecule has 5 heteroatoms. The standard InChI is InChI=1S/C15H17N3O2/c1-10-11(2)20-15(18-10)9-17-14(19)8-5-12-3-6-13(16)7-4-12/h3-8H,9,16H2,1-2H3,(H,17,19)/b8-5+. The Hall–Kier alpha value is -2.56. The molecular formula is C15H17N3O2. The number of hydrogen-bond acceptors (Lipinski definition) is 4. The zero-order chi connectivity index (χ0) is 14.5. The van der Waals surface area contributed by atoms with Crippen LogP contribution in [0, 0.1) is 13.8 Å². The first-order chi connectivity index (χ1) is 9.54. The highest BCUT2D eigenvalue weighted by Crippen LogP contribution is 2.08. The van der Waals surface area contributed by atoms with E-state index in [1.54, 1.807) is 18.2 Å². The minimum atomic E-state index is -0.199. The fraction of sp³-hybridized carbons (Fsp3) is 0.200. The van der Waals surface area contributed by atoms with Gasteiger partial charge in [0, 0.05) is 11.8 Å². The molecule has 1 heterocycles. The van der Waals surface area contributed by atoms with Crippen molar-refractivity contribution in [3.8, 4) is 0 Å². The van der Waals surface area contributed by atoms with Crippen molar-refractivity contribution < 1.29 is 9.21 Å². The number of nitrogens with zero attached hydrogens (tertiary/aromatic N) is 1. The van der Waals surface area contributed by atoms with Gasteiger partial charge in [0.25, 0.3) is 0 Å². The summed E-state index contributed by atoms with van der Waals surface area (Å²) in [5.74, 6) is 1.08. The molecule has 0 spiro atoms. The molecule has 1 aromatic heterocycles. The summed E-state index contributed by atoms with van der Waals surface area (Å²) in [6.45, 7) is 3.99. The van der Waals surface area contributed by atoms with Crippen molar-refractivity contribution in [2.24, 2.45) is 0 Å². The number of anilines is 1. The van der Waals surface area contributed by atoms with Crippen LogP contribution in [-0.4, -0.2) is 10.9 Å². The van der Waals surface area contributed by atoms with Crippen LogP contribution in [0.4, 0.5) is 5.69 Å². The van der Waals surface area contributed by atoms with E-state index in [0.29, 0.717) is 11.6 Å². The van der Waals surface area contributed by atoms with Gasteiger partial charge in [0.2, 0.25) is 11.8 Å². The van der Waals surface area contributed by atoms with Crippen LogP contribution in [0.2, 0.25) is 0 Å². The fourth-order valence-corrected chi connectivity index (χ4v) is 1.62. The van der Waals surface area contributed by atoms with Gasteiger partial charge in [-0.25, -0.2) is 4.98 Å². The number of nitrogens with two attached hydrogens (primary N) is 1. The average molecular weight is 271 g/mol. The zero-order valence-corrected chi connectivity index (χ0v) is 11.5. The Morgan fingerprint density at radius 3 is 2.65 bits per heavy atom. The molecule has 2 rings (SSSR count). The lowest BCUT2D eigenvalue weighted by molar-refractivity contribution is -0.116. The summed E-state index contributed by atoms with van der Waals surface area (Å²) in [5.41, 5.74) is 8.04. The van der Waals surface area contributed by atoms with E-state index >= 15 is 0 Å². The second-order valence-electron chi connectivity index (χ2n) is 4.47. The topological polar surface area (TPSA) is 81.2 Å². The molecule has 3 N–H and O–H groups in total. The third-order valence-electron chi connectivity index (χ3n) is 2.85. The second-order valence-corrected chi connectivity index (χ2v) is 4.47. The summed E-state index contributed by atoms with van der Waals surface area (Å²) in [6.07, 6.45) is 3.19. The van der Waals surface area contributed by atoms with Gasteiger partial charge in [-0.15, -0.1) is 0 Å². The van der Waals surface area contributed by atoms with Crippen LogP contribution in [0.25, 0.3) is 6.08 Å². The predicted octanol–water partition coefficient (Wildman–Crippen LogP) is 2.20. The molecule has 0 aliphatic carbocycles. The monoisotopic (exact) mass is 271 g/mol. The van der Waals surface area contributed by atoms with Crippen molar-refractivity contribution in [2.45, 2.75) is 20.4 Å². The molecule has 0 radical (unpaired) electrons. The molecule has 20 heavy (non-hydrogen) atoms. The van der Waals surface area contributed by atoms with Crippen molar-refractivity contribution in [1.29, 1.82) is 0 Å². The minimum absolute atomic E-state index is 0.199. The number of carbonyl (C=O) groups excluding carboxylic acids is 1. The Kier molecular flexibility index (Phi) is 4.20. The number of nitrogen functional groups attached to an aromatic ring is 1. The van der Waals surface area contributed by atoms with E-state index in [0.717, 1.165) is 17.0 Å². The number of benzene rings is 1. The van der Waals surface area contributed by atoms with Gasteiger partial charge < -0.3 is 15.5 Å². The van der Waals surface area contributed by atoms with E-state index in [1.807, 2.05) is 26.0 Å². The molecular weight excluding hydrogens is 254 g/mol. The minimum Gasteiger partial charge on any atom is -0.444 e. The number of hydrogen-bond donors (Lipinski definition) is 2. The van der Waals surface area contributed by atoms with Gasteiger partial charge in [-0.05, 0) is 37.6 Å². The maximum Gasteiger partial charge on any atom is 0.244 e. The number of carbonyl (C=O) groups is 1. The van der Waals surface area contributed by atoms with Crippen LogP contribution >= 0.6 is 0 Å². The van der Waals surface area contributed by atoms with Gasteiger partial charge in [-0.1, -0.05) is 12.1 Å². The first-order valence-electron chi connectivity index (χ1n) is 6.29. The van der Waals surface area contributed by atoms with Crippen molar-refractivity contribution in [3.05, 3.63) is 53.2 Å². The quantitative estimate of drug-likeness (QED) is 0.660. The molecule has 0 unspecified atom stereocenters. The number of oxazole rings is 1. The summed E-state index contributed by atoms with van der Waals surface area (Å²) < 4.78 is 5.38. The molecule has 1 aromatic carbocycles. The normalized spacial score (nSPS) is 10.9. The highest BCUT2D eigenvalue weighted by Gasteiger charge is 2.05. The van der Waals surface area contributed by atoms with Crippen molar-refractivity contribution >= 4 is 17.7 Å². The third-order valence-corrected chi connectivity index (χ3v) is 2.85. The van der Waals surface area contributed by atoms with E-state index in [9.17, 15) is 4.79 Å². The maximum absolute atomic E-state index is 11.7. The summed E-state index contributed by atoms with van der Waals surface area (Å²) in [5, 5.41) is 2.71.